The number of hydrogen-bond acceptors (Lipinski definition) is 14. The fraction of sp³-hybridized carbons (Fsp3) is 0.422. The lowest BCUT2D eigenvalue weighted by molar-refractivity contribution is -0.437. The second kappa shape index (κ2) is 23.2. The molecule has 0 radical (unpaired) electrons. The maximum Gasteiger partial charge on any atom is 0.294 e. The number of rotatable bonds is 25. The van der Waals surface area contributed by atoms with Crippen LogP contribution in [0.3, 0.4) is 0 Å². The molecule has 2 aromatic carbocycles. The molecule has 0 saturated heterocycles. The lowest BCUT2D eigenvalue weighted by Gasteiger charge is -2.30. The molecule has 0 aliphatic carbocycles. The fourth-order valence-electron chi connectivity index (χ4n) is 8.68. The van der Waals surface area contributed by atoms with E-state index < -0.39 is 67.7 Å². The zero-order valence-electron chi connectivity index (χ0n) is 39.1. The van der Waals surface area contributed by atoms with Crippen LogP contribution in [0.5, 0.6) is 0 Å². The quantitative estimate of drug-likeness (QED) is 0.0126. The number of aromatic nitrogens is 1. The van der Waals surface area contributed by atoms with E-state index in [1.165, 1.54) is 42.6 Å². The van der Waals surface area contributed by atoms with Crippen molar-refractivity contribution in [1.29, 1.82) is 0 Å². The molecule has 5 N–H and O–H groups in total. The molecule has 1 atom stereocenters. The predicted octanol–water partition coefficient (Wildman–Crippen LogP) is 5.84. The number of pyridine rings is 1. The highest BCUT2D eigenvalue weighted by molar-refractivity contribution is 7.86. The van der Waals surface area contributed by atoms with E-state index in [1.54, 1.807) is 52.0 Å². The molecule has 71 heavy (non-hydrogen) atoms. The number of nitrogens with zero attached hydrogens (tertiary/aromatic N) is 6. The first kappa shape index (κ1) is 56.1. The summed E-state index contributed by atoms with van der Waals surface area (Å²) < 4.78 is 138. The maximum absolute atomic E-state index is 12.7. The number of nitrogens with one attached hydrogen (secondary N) is 2. The second-order valence-electron chi connectivity index (χ2n) is 17.6. The van der Waals surface area contributed by atoms with Crippen molar-refractivity contribution >= 4 is 75.1 Å². The molecule has 2 amide bonds. The van der Waals surface area contributed by atoms with Crippen LogP contribution < -0.4 is 15.5 Å². The summed E-state index contributed by atoms with van der Waals surface area (Å²) in [6.45, 7) is 5.83. The first-order valence-electron chi connectivity index (χ1n) is 22.3. The Labute approximate surface area is 413 Å². The van der Waals surface area contributed by atoms with Gasteiger partial charge in [0.05, 0.1) is 45.1 Å². The van der Waals surface area contributed by atoms with Gasteiger partial charge < -0.3 is 20.1 Å². The van der Waals surface area contributed by atoms with Crippen LogP contribution in [-0.2, 0) is 67.4 Å². The Morgan fingerprint density at radius 3 is 2.17 bits per heavy atom. The average molecular weight is 1060 g/mol. The number of allylic oxidation sites excluding steroid dienone is 6. The van der Waals surface area contributed by atoms with Gasteiger partial charge >= 0.3 is 0 Å². The number of carbonyl (C=O) groups is 2. The van der Waals surface area contributed by atoms with Gasteiger partial charge in [0.2, 0.25) is 17.5 Å². The third-order valence-electron chi connectivity index (χ3n) is 12.1. The van der Waals surface area contributed by atoms with Crippen molar-refractivity contribution in [2.75, 3.05) is 41.4 Å². The Bertz CT molecular complexity index is 3150. The number of carbonyl (C=O) groups excluding carboxylic acids is 2. The van der Waals surface area contributed by atoms with E-state index in [1.807, 2.05) is 20.8 Å². The number of amides is 2. The van der Waals surface area contributed by atoms with Crippen LogP contribution in [0.1, 0.15) is 89.0 Å². The standard InChI is InChI=1S/C45H56N8O14S4/c1-44(2)36-28-34(70(62,63)64)17-19-38(36)52(24-10-26-68(56,57)58)40(44)12-6-4-7-13-41-45(3,37-29-35(71(65,66)67)18-20-39(37)53(41)25-11-27-69(59,60)61)22-9-5-8-14-42(54)47-23-21-43(55)50-33-16-15-32(48-30-33)31-49-51-46/h4,6-7,12-13,15-20,28-30H,5,8-11,14,21-27,31H2,1-3H3,(H5-,47,50,54,55,56,57,58,59,60,61,62,63,64,65,66,67). The van der Waals surface area contributed by atoms with Crippen molar-refractivity contribution in [1.82, 2.24) is 10.3 Å². The molecule has 0 fully saturated rings. The van der Waals surface area contributed by atoms with Crippen LogP contribution in [0.15, 0.2) is 106 Å². The number of hydrogen-bond donors (Lipinski definition) is 5. The summed E-state index contributed by atoms with van der Waals surface area (Å²) in [5.41, 5.74) is 10.9. The van der Waals surface area contributed by atoms with Gasteiger partial charge in [-0.3, -0.25) is 28.2 Å². The first-order valence-corrected chi connectivity index (χ1v) is 28.3. The molecule has 26 heteroatoms. The van der Waals surface area contributed by atoms with Gasteiger partial charge in [0.1, 0.15) is 16.7 Å². The Morgan fingerprint density at radius 2 is 1.52 bits per heavy atom. The van der Waals surface area contributed by atoms with Crippen molar-refractivity contribution in [2.45, 2.75) is 99.3 Å². The summed E-state index contributed by atoms with van der Waals surface area (Å²) in [7, 11) is -18.1. The van der Waals surface area contributed by atoms with Crippen LogP contribution in [-0.4, -0.2) is 110 Å². The highest BCUT2D eigenvalue weighted by atomic mass is 32.2. The Kier molecular flexibility index (Phi) is 18.3. The minimum Gasteiger partial charge on any atom is -0.744 e. The van der Waals surface area contributed by atoms with E-state index in [2.05, 4.69) is 25.6 Å². The largest absolute Gasteiger partial charge is 0.744 e. The van der Waals surface area contributed by atoms with E-state index in [0.29, 0.717) is 71.0 Å². The van der Waals surface area contributed by atoms with Crippen molar-refractivity contribution in [2.24, 2.45) is 5.11 Å². The van der Waals surface area contributed by atoms with Gasteiger partial charge in [-0.05, 0) is 99.7 Å². The van der Waals surface area contributed by atoms with Gasteiger partial charge in [-0.25, -0.2) is 8.42 Å². The number of benzene rings is 2. The van der Waals surface area contributed by atoms with Crippen LogP contribution in [0.2, 0.25) is 0 Å². The van der Waals surface area contributed by atoms with Crippen molar-refractivity contribution < 1.29 is 66.0 Å². The molecule has 0 bridgehead atoms. The molecule has 22 nitrogen and oxygen atoms in total. The zero-order valence-corrected chi connectivity index (χ0v) is 42.4. The summed E-state index contributed by atoms with van der Waals surface area (Å²) in [4.78, 5) is 32.9. The Hall–Kier alpha value is -5.83. The van der Waals surface area contributed by atoms with Gasteiger partial charge in [-0.15, -0.1) is 0 Å². The zero-order chi connectivity index (χ0) is 52.4. The van der Waals surface area contributed by atoms with E-state index in [9.17, 15) is 61.5 Å². The monoisotopic (exact) mass is 1060 g/mol. The van der Waals surface area contributed by atoms with Crippen molar-refractivity contribution in [3.05, 3.63) is 118 Å². The smallest absolute Gasteiger partial charge is 0.294 e. The van der Waals surface area contributed by atoms with E-state index in [4.69, 9.17) is 5.53 Å². The maximum atomic E-state index is 12.7. The molecule has 1 aromatic heterocycles. The van der Waals surface area contributed by atoms with E-state index in [-0.39, 0.29) is 68.6 Å². The number of anilines is 2. The molecule has 1 unspecified atom stereocenters. The molecule has 2 aliphatic heterocycles. The Balaban J connectivity index is 1.35. The molecule has 2 aliphatic rings. The highest BCUT2D eigenvalue weighted by Gasteiger charge is 2.45. The lowest BCUT2D eigenvalue weighted by atomic mass is 9.77. The van der Waals surface area contributed by atoms with Crippen molar-refractivity contribution in [3.63, 3.8) is 0 Å². The molecule has 5 rings (SSSR count). The van der Waals surface area contributed by atoms with Crippen LogP contribution in [0.25, 0.3) is 10.4 Å². The van der Waals surface area contributed by atoms with E-state index in [0.717, 1.165) is 0 Å². The third kappa shape index (κ3) is 15.3. The average Bonchev–Trinajstić information content (AvgIpc) is 3.62. The normalized spacial score (nSPS) is 17.5. The molecule has 384 valence electrons. The topological polar surface area (TPSA) is 346 Å². The van der Waals surface area contributed by atoms with Gasteiger partial charge in [-0.2, -0.15) is 29.8 Å². The minimum atomic E-state index is -4.91. The van der Waals surface area contributed by atoms with Gasteiger partial charge in [-0.1, -0.05) is 36.2 Å². The molecule has 3 heterocycles. The molecule has 0 spiro atoms. The van der Waals surface area contributed by atoms with Crippen LogP contribution in [0, 0.1) is 0 Å². The summed E-state index contributed by atoms with van der Waals surface area (Å²) in [6, 6.07) is 11.3. The lowest BCUT2D eigenvalue weighted by Crippen LogP contribution is -2.30. The van der Waals surface area contributed by atoms with Gasteiger partial charge in [0.15, 0.2) is 5.71 Å². The first-order chi connectivity index (χ1) is 33.1. The minimum absolute atomic E-state index is 0.00460. The molecular formula is C45H56N8O14S4. The summed E-state index contributed by atoms with van der Waals surface area (Å²) in [5.74, 6) is -1.74. The van der Waals surface area contributed by atoms with Gasteiger partial charge in [0.25, 0.3) is 30.4 Å². The summed E-state index contributed by atoms with van der Waals surface area (Å²) >= 11 is 0. The molecular weight excluding hydrogens is 1000 g/mol. The number of unbranched alkanes of at least 4 members (excludes halogenated alkanes) is 2. The fourth-order valence-corrected chi connectivity index (χ4v) is 10.7. The SMILES string of the molecule is CC1(C)C(/C=C/C=C/C=C2/N(CCCS(=O)(=O)O)c3ccc(S(=O)(=O)[O-])cc3C2(C)CCCCCC(=O)NCCC(=O)Nc2ccc(CN=[N+]=[N-])nc2)=[N+](CCCS(=O)(=O)O)c2ccc(S(=O)(=O)O)cc21. The van der Waals surface area contributed by atoms with Gasteiger partial charge in [0, 0.05) is 77.5 Å². The number of azide groups is 1. The summed E-state index contributed by atoms with van der Waals surface area (Å²) in [6.07, 6.45) is 12.0. The van der Waals surface area contributed by atoms with E-state index >= 15 is 0 Å². The Morgan fingerprint density at radius 1 is 0.831 bits per heavy atom. The van der Waals surface area contributed by atoms with Crippen LogP contribution >= 0.6 is 0 Å². The van der Waals surface area contributed by atoms with Crippen molar-refractivity contribution in [3.8, 4) is 0 Å². The summed E-state index contributed by atoms with van der Waals surface area (Å²) in [5, 5.41) is 8.84. The second-order valence-corrected chi connectivity index (χ2v) is 23.6. The molecule has 3 aromatic rings. The van der Waals surface area contributed by atoms with Crippen LogP contribution in [0.4, 0.5) is 17.1 Å². The predicted molar refractivity (Wildman–Crippen MR) is 263 cm³/mol. The third-order valence-corrected chi connectivity index (χ3v) is 15.4. The highest BCUT2D eigenvalue weighted by Crippen LogP contribution is 2.51. The molecule has 0 saturated carbocycles. The number of fused-ring (bicyclic) bond motifs is 2.